The van der Waals surface area contributed by atoms with Crippen LogP contribution < -0.4 is 10.6 Å². The highest BCUT2D eigenvalue weighted by Gasteiger charge is 2.27. The molecule has 3 atom stereocenters. The number of rotatable bonds is 3. The van der Waals surface area contributed by atoms with Crippen LogP contribution in [0.25, 0.3) is 0 Å². The van der Waals surface area contributed by atoms with E-state index in [0.29, 0.717) is 12.1 Å². The van der Waals surface area contributed by atoms with E-state index in [1.165, 1.54) is 25.7 Å². The van der Waals surface area contributed by atoms with Crippen LogP contribution in [-0.4, -0.2) is 48.6 Å². The standard InChI is InChI=1S/C15H29N3O.2ClH/c1-12-14(8-7-9-16-12)17-15(19)13(2)18-10-5-3-4-6-11-18;;/h12-14,16H,3-11H2,1-2H3,(H,17,19);2*1H. The first-order chi connectivity index (χ1) is 9.18. The van der Waals surface area contributed by atoms with Crippen molar-refractivity contribution in [2.24, 2.45) is 0 Å². The molecule has 0 aromatic carbocycles. The molecule has 2 aliphatic heterocycles. The van der Waals surface area contributed by atoms with Crippen LogP contribution in [0.4, 0.5) is 0 Å². The van der Waals surface area contributed by atoms with Crippen molar-refractivity contribution >= 4 is 30.7 Å². The second-order valence-electron chi connectivity index (χ2n) is 6.13. The molecule has 0 radical (unpaired) electrons. The van der Waals surface area contributed by atoms with Crippen LogP contribution in [0.5, 0.6) is 0 Å². The summed E-state index contributed by atoms with van der Waals surface area (Å²) in [6.07, 6.45) is 7.36. The van der Waals surface area contributed by atoms with E-state index in [1.807, 2.05) is 0 Å². The smallest absolute Gasteiger partial charge is 0.237 e. The first-order valence-corrected chi connectivity index (χ1v) is 7.96. The fourth-order valence-electron chi connectivity index (χ4n) is 3.19. The first-order valence-electron chi connectivity index (χ1n) is 7.96. The molecule has 4 nitrogen and oxygen atoms in total. The van der Waals surface area contributed by atoms with E-state index < -0.39 is 0 Å². The van der Waals surface area contributed by atoms with Crippen LogP contribution in [-0.2, 0) is 4.79 Å². The summed E-state index contributed by atoms with van der Waals surface area (Å²) in [5.41, 5.74) is 0. The van der Waals surface area contributed by atoms with Gasteiger partial charge in [-0.3, -0.25) is 9.69 Å². The van der Waals surface area contributed by atoms with Crippen molar-refractivity contribution in [3.8, 4) is 0 Å². The molecule has 0 bridgehead atoms. The van der Waals surface area contributed by atoms with E-state index in [4.69, 9.17) is 0 Å². The number of carbonyl (C=O) groups excluding carboxylic acids is 1. The molecule has 2 rings (SSSR count). The molecule has 0 saturated carbocycles. The van der Waals surface area contributed by atoms with Crippen LogP contribution in [0.3, 0.4) is 0 Å². The SMILES string of the molecule is CC1NCCCC1NC(=O)C(C)N1CCCCCC1.Cl.Cl. The molecule has 2 saturated heterocycles. The molecular formula is C15H31Cl2N3O. The van der Waals surface area contributed by atoms with Gasteiger partial charge in [0.1, 0.15) is 0 Å². The highest BCUT2D eigenvalue weighted by molar-refractivity contribution is 5.85. The molecule has 0 spiro atoms. The van der Waals surface area contributed by atoms with E-state index in [0.717, 1.165) is 32.5 Å². The van der Waals surface area contributed by atoms with Crippen molar-refractivity contribution in [2.75, 3.05) is 19.6 Å². The van der Waals surface area contributed by atoms with Gasteiger partial charge in [0.15, 0.2) is 0 Å². The highest BCUT2D eigenvalue weighted by Crippen LogP contribution is 2.14. The van der Waals surface area contributed by atoms with Crippen molar-refractivity contribution in [2.45, 2.75) is 70.5 Å². The Hall–Kier alpha value is -0.0300. The third-order valence-corrected chi connectivity index (χ3v) is 4.66. The van der Waals surface area contributed by atoms with Gasteiger partial charge in [0.2, 0.25) is 5.91 Å². The predicted octanol–water partition coefficient (Wildman–Crippen LogP) is 2.35. The fourth-order valence-corrected chi connectivity index (χ4v) is 3.19. The van der Waals surface area contributed by atoms with Crippen molar-refractivity contribution in [1.29, 1.82) is 0 Å². The lowest BCUT2D eigenvalue weighted by Gasteiger charge is -2.33. The van der Waals surface area contributed by atoms with Crippen LogP contribution in [0, 0.1) is 0 Å². The summed E-state index contributed by atoms with van der Waals surface area (Å²) in [7, 11) is 0. The minimum atomic E-state index is 0. The molecule has 0 aromatic rings. The summed E-state index contributed by atoms with van der Waals surface area (Å²) in [4.78, 5) is 14.7. The van der Waals surface area contributed by atoms with Gasteiger partial charge in [0.25, 0.3) is 0 Å². The number of nitrogens with zero attached hydrogens (tertiary/aromatic N) is 1. The van der Waals surface area contributed by atoms with Gasteiger partial charge >= 0.3 is 0 Å². The zero-order valence-electron chi connectivity index (χ0n) is 13.3. The van der Waals surface area contributed by atoms with E-state index in [9.17, 15) is 4.79 Å². The minimum absolute atomic E-state index is 0. The number of hydrogen-bond donors (Lipinski definition) is 2. The van der Waals surface area contributed by atoms with Gasteiger partial charge in [-0.1, -0.05) is 12.8 Å². The van der Waals surface area contributed by atoms with E-state index in [2.05, 4.69) is 29.4 Å². The van der Waals surface area contributed by atoms with Crippen molar-refractivity contribution in [1.82, 2.24) is 15.5 Å². The lowest BCUT2D eigenvalue weighted by atomic mass is 9.99. The summed E-state index contributed by atoms with van der Waals surface area (Å²) < 4.78 is 0. The Bertz CT molecular complexity index is 297. The summed E-state index contributed by atoms with van der Waals surface area (Å²) in [5.74, 6) is 0.211. The molecule has 21 heavy (non-hydrogen) atoms. The zero-order chi connectivity index (χ0) is 13.7. The van der Waals surface area contributed by atoms with Crippen molar-refractivity contribution in [3.63, 3.8) is 0 Å². The molecular weight excluding hydrogens is 309 g/mol. The van der Waals surface area contributed by atoms with Crippen LogP contribution in [0.1, 0.15) is 52.4 Å². The average Bonchev–Trinajstić information content (AvgIpc) is 2.69. The maximum atomic E-state index is 12.4. The molecule has 0 aliphatic carbocycles. The molecule has 6 heteroatoms. The number of halogens is 2. The number of likely N-dealkylation sites (tertiary alicyclic amines) is 1. The number of nitrogens with one attached hydrogen (secondary N) is 2. The average molecular weight is 340 g/mol. The van der Waals surface area contributed by atoms with E-state index in [-0.39, 0.29) is 36.8 Å². The Balaban J connectivity index is 0.00000200. The van der Waals surface area contributed by atoms with Gasteiger partial charge in [-0.2, -0.15) is 0 Å². The van der Waals surface area contributed by atoms with Crippen LogP contribution in [0.2, 0.25) is 0 Å². The molecule has 2 heterocycles. The van der Waals surface area contributed by atoms with Crippen LogP contribution in [0.15, 0.2) is 0 Å². The second-order valence-corrected chi connectivity index (χ2v) is 6.13. The summed E-state index contributed by atoms with van der Waals surface area (Å²) in [6, 6.07) is 0.719. The molecule has 2 aliphatic rings. The topological polar surface area (TPSA) is 44.4 Å². The number of piperidine rings is 1. The molecule has 126 valence electrons. The Morgan fingerprint density at radius 3 is 2.33 bits per heavy atom. The zero-order valence-corrected chi connectivity index (χ0v) is 14.9. The third-order valence-electron chi connectivity index (χ3n) is 4.66. The maximum absolute atomic E-state index is 12.4. The maximum Gasteiger partial charge on any atom is 0.237 e. The lowest BCUT2D eigenvalue weighted by molar-refractivity contribution is -0.127. The lowest BCUT2D eigenvalue weighted by Crippen LogP contribution is -2.56. The number of carbonyl (C=O) groups is 1. The number of amides is 1. The predicted molar refractivity (Wildman–Crippen MR) is 92.6 cm³/mol. The quantitative estimate of drug-likeness (QED) is 0.829. The molecule has 0 aromatic heterocycles. The van der Waals surface area contributed by atoms with Gasteiger partial charge in [-0.15, -0.1) is 24.8 Å². The Kier molecular flexibility index (Phi) is 10.6. The van der Waals surface area contributed by atoms with Crippen LogP contribution >= 0.6 is 24.8 Å². The monoisotopic (exact) mass is 339 g/mol. The number of hydrogen-bond acceptors (Lipinski definition) is 3. The Labute approximate surface area is 141 Å². The molecule has 2 N–H and O–H groups in total. The molecule has 3 unspecified atom stereocenters. The Morgan fingerprint density at radius 1 is 1.14 bits per heavy atom. The van der Waals surface area contributed by atoms with Crippen molar-refractivity contribution < 1.29 is 4.79 Å². The highest BCUT2D eigenvalue weighted by atomic mass is 35.5. The van der Waals surface area contributed by atoms with E-state index >= 15 is 0 Å². The van der Waals surface area contributed by atoms with Gasteiger partial charge in [0, 0.05) is 12.1 Å². The molecule has 2 fully saturated rings. The van der Waals surface area contributed by atoms with Gasteiger partial charge in [0.05, 0.1) is 6.04 Å². The minimum Gasteiger partial charge on any atom is -0.350 e. The van der Waals surface area contributed by atoms with Gasteiger partial charge in [-0.25, -0.2) is 0 Å². The van der Waals surface area contributed by atoms with Crippen molar-refractivity contribution in [3.05, 3.63) is 0 Å². The first kappa shape index (κ1) is 21.0. The second kappa shape index (κ2) is 10.7. The molecule has 1 amide bonds. The fraction of sp³-hybridized carbons (Fsp3) is 0.933. The summed E-state index contributed by atoms with van der Waals surface area (Å²) in [6.45, 7) is 7.46. The van der Waals surface area contributed by atoms with E-state index in [1.54, 1.807) is 0 Å². The normalized spacial score (nSPS) is 28.5. The van der Waals surface area contributed by atoms with Gasteiger partial charge < -0.3 is 10.6 Å². The summed E-state index contributed by atoms with van der Waals surface area (Å²) in [5, 5.41) is 6.68. The largest absolute Gasteiger partial charge is 0.350 e. The Morgan fingerprint density at radius 2 is 1.76 bits per heavy atom. The third kappa shape index (κ3) is 6.31. The van der Waals surface area contributed by atoms with Gasteiger partial charge in [-0.05, 0) is 59.2 Å². The summed E-state index contributed by atoms with van der Waals surface area (Å²) >= 11 is 0.